The van der Waals surface area contributed by atoms with Crippen molar-refractivity contribution < 1.29 is 29.3 Å². The minimum atomic E-state index is -1.22. The number of hydrogen-bond acceptors (Lipinski definition) is 8. The van der Waals surface area contributed by atoms with Crippen LogP contribution < -0.4 is 0 Å². The minimum Gasteiger partial charge on any atom is -0.458 e. The van der Waals surface area contributed by atoms with Crippen LogP contribution in [0.3, 0.4) is 0 Å². The molecular weight excluding hydrogens is 442 g/mol. The van der Waals surface area contributed by atoms with Crippen LogP contribution in [0.1, 0.15) is 70.5 Å². The highest BCUT2D eigenvalue weighted by Gasteiger charge is 2.44. The number of carbonyl (C=O) groups is 2. The monoisotopic (exact) mass is 479 g/mol. The molecule has 33 heavy (non-hydrogen) atoms. The van der Waals surface area contributed by atoms with Gasteiger partial charge in [-0.2, -0.15) is 0 Å². The normalized spacial score (nSPS) is 36.4. The SMILES string of the molecule is Cc1nc(/C=C/[C@@H]2C[C@@H]3O[C@@H]3CCC[C@H](C)[C@@H](O)[C@@H](C)C(=O)C(C)(C)[C@@H](O)CC(=O)O2)cs1. The van der Waals surface area contributed by atoms with Gasteiger partial charge >= 0.3 is 5.97 Å². The van der Waals surface area contributed by atoms with Crippen LogP contribution in [0.25, 0.3) is 6.08 Å². The fourth-order valence-corrected chi connectivity index (χ4v) is 5.12. The van der Waals surface area contributed by atoms with Crippen molar-refractivity contribution in [3.63, 3.8) is 0 Å². The van der Waals surface area contributed by atoms with E-state index in [2.05, 4.69) is 4.98 Å². The topological polar surface area (TPSA) is 109 Å². The summed E-state index contributed by atoms with van der Waals surface area (Å²) in [5.41, 5.74) is -0.382. The number of aliphatic hydroxyl groups excluding tert-OH is 2. The van der Waals surface area contributed by atoms with Crippen molar-refractivity contribution in [2.45, 2.75) is 97.2 Å². The number of carbonyl (C=O) groups excluding carboxylic acids is 2. The number of epoxide rings is 1. The maximum atomic E-state index is 13.1. The van der Waals surface area contributed by atoms with Gasteiger partial charge in [0, 0.05) is 17.7 Å². The van der Waals surface area contributed by atoms with Crippen LogP contribution in [-0.2, 0) is 19.1 Å². The number of Topliss-reactive ketones (excluding diaryl/α,β-unsaturated/α-hetero) is 1. The maximum absolute atomic E-state index is 13.1. The third kappa shape index (κ3) is 6.72. The van der Waals surface area contributed by atoms with Gasteiger partial charge in [-0.15, -0.1) is 11.3 Å². The highest BCUT2D eigenvalue weighted by atomic mass is 32.1. The number of esters is 1. The summed E-state index contributed by atoms with van der Waals surface area (Å²) >= 11 is 1.55. The van der Waals surface area contributed by atoms with Crippen LogP contribution in [0.5, 0.6) is 0 Å². The Morgan fingerprint density at radius 1 is 1.18 bits per heavy atom. The van der Waals surface area contributed by atoms with E-state index in [9.17, 15) is 19.8 Å². The molecule has 2 saturated heterocycles. The average Bonchev–Trinajstić information content (AvgIpc) is 3.35. The number of ketones is 1. The standard InChI is InChI=1S/C25H37NO6S/c1-14-7-6-8-19-20(32-19)11-18(10-9-17-13-33-16(3)26-17)31-22(28)12-21(27)25(4,5)24(30)15(2)23(14)29/h9-10,13-15,18-21,23,27,29H,6-8,11-12H2,1-5H3/b10-9+/t14-,15+,18+,19+,20-,21-,23+/m0/s1. The van der Waals surface area contributed by atoms with E-state index < -0.39 is 35.6 Å². The first-order chi connectivity index (χ1) is 15.5. The van der Waals surface area contributed by atoms with Crippen molar-refractivity contribution in [1.82, 2.24) is 4.98 Å². The zero-order valence-corrected chi connectivity index (χ0v) is 21.0. The number of thiazole rings is 1. The van der Waals surface area contributed by atoms with E-state index in [0.29, 0.717) is 6.42 Å². The van der Waals surface area contributed by atoms with E-state index in [4.69, 9.17) is 9.47 Å². The Balaban J connectivity index is 1.77. The summed E-state index contributed by atoms with van der Waals surface area (Å²) in [7, 11) is 0. The molecule has 2 aliphatic rings. The van der Waals surface area contributed by atoms with Gasteiger partial charge in [-0.1, -0.05) is 34.1 Å². The molecule has 7 atom stereocenters. The van der Waals surface area contributed by atoms with Gasteiger partial charge in [0.15, 0.2) is 0 Å². The summed E-state index contributed by atoms with van der Waals surface area (Å²) in [5, 5.41) is 24.4. The van der Waals surface area contributed by atoms with Crippen LogP contribution in [-0.4, -0.2) is 57.5 Å². The second-order valence-corrected chi connectivity index (χ2v) is 11.2. The van der Waals surface area contributed by atoms with Crippen molar-refractivity contribution in [2.75, 3.05) is 0 Å². The number of cyclic esters (lactones) is 1. The molecule has 3 heterocycles. The van der Waals surface area contributed by atoms with Crippen LogP contribution in [0, 0.1) is 24.2 Å². The molecule has 2 aliphatic heterocycles. The number of ether oxygens (including phenoxy) is 2. The molecule has 2 N–H and O–H groups in total. The molecule has 1 aromatic rings. The molecule has 0 bridgehead atoms. The zero-order valence-electron chi connectivity index (χ0n) is 20.2. The summed E-state index contributed by atoms with van der Waals surface area (Å²) in [6.45, 7) is 8.82. The molecule has 3 rings (SSSR count). The quantitative estimate of drug-likeness (QED) is 0.492. The van der Waals surface area contributed by atoms with E-state index in [0.717, 1.165) is 30.0 Å². The number of nitrogens with zero attached hydrogens (tertiary/aromatic N) is 1. The molecule has 1 aromatic heterocycles. The number of aliphatic hydroxyl groups is 2. The van der Waals surface area contributed by atoms with Gasteiger partial charge in [0.25, 0.3) is 0 Å². The fraction of sp³-hybridized carbons (Fsp3) is 0.720. The molecule has 184 valence electrons. The lowest BCUT2D eigenvalue weighted by Gasteiger charge is -2.34. The molecule has 8 heteroatoms. The number of fused-ring (bicyclic) bond motifs is 1. The largest absolute Gasteiger partial charge is 0.458 e. The number of hydrogen-bond donors (Lipinski definition) is 2. The molecule has 0 spiro atoms. The second kappa shape index (κ2) is 10.8. The molecule has 2 fully saturated rings. The summed E-state index contributed by atoms with van der Waals surface area (Å²) in [6, 6.07) is 0. The highest BCUT2D eigenvalue weighted by molar-refractivity contribution is 7.09. The first kappa shape index (κ1) is 26.0. The maximum Gasteiger partial charge on any atom is 0.309 e. The lowest BCUT2D eigenvalue weighted by atomic mass is 9.73. The zero-order chi connectivity index (χ0) is 24.3. The van der Waals surface area contributed by atoms with E-state index in [1.54, 1.807) is 32.1 Å². The van der Waals surface area contributed by atoms with Gasteiger partial charge in [-0.3, -0.25) is 9.59 Å². The van der Waals surface area contributed by atoms with Crippen LogP contribution in [0.4, 0.5) is 0 Å². The first-order valence-corrected chi connectivity index (χ1v) is 12.7. The predicted octanol–water partition coefficient (Wildman–Crippen LogP) is 3.70. The van der Waals surface area contributed by atoms with Gasteiger partial charge in [0.1, 0.15) is 11.9 Å². The predicted molar refractivity (Wildman–Crippen MR) is 127 cm³/mol. The van der Waals surface area contributed by atoms with Crippen molar-refractivity contribution in [1.29, 1.82) is 0 Å². The Bertz CT molecular complexity index is 865. The van der Waals surface area contributed by atoms with Gasteiger partial charge in [0.2, 0.25) is 0 Å². The number of aryl methyl sites for hydroxylation is 1. The van der Waals surface area contributed by atoms with E-state index in [1.807, 2.05) is 31.4 Å². The Kier molecular flexibility index (Phi) is 8.48. The molecule has 0 saturated carbocycles. The molecule has 0 amide bonds. The highest BCUT2D eigenvalue weighted by Crippen LogP contribution is 2.35. The number of aromatic nitrogens is 1. The van der Waals surface area contributed by atoms with E-state index >= 15 is 0 Å². The molecule has 0 aliphatic carbocycles. The number of rotatable bonds is 2. The van der Waals surface area contributed by atoms with Crippen molar-refractivity contribution in [2.24, 2.45) is 17.3 Å². The smallest absolute Gasteiger partial charge is 0.309 e. The summed E-state index contributed by atoms with van der Waals surface area (Å²) in [4.78, 5) is 30.2. The molecule has 0 aromatic carbocycles. The summed E-state index contributed by atoms with van der Waals surface area (Å²) < 4.78 is 11.5. The Morgan fingerprint density at radius 3 is 2.58 bits per heavy atom. The molecule has 0 unspecified atom stereocenters. The third-order valence-corrected chi connectivity index (χ3v) is 7.83. The fourth-order valence-electron chi connectivity index (χ4n) is 4.54. The molecular formula is C25H37NO6S. The van der Waals surface area contributed by atoms with Gasteiger partial charge in [0.05, 0.1) is 47.0 Å². The van der Waals surface area contributed by atoms with Gasteiger partial charge < -0.3 is 19.7 Å². The summed E-state index contributed by atoms with van der Waals surface area (Å²) in [6.07, 6.45) is 4.02. The lowest BCUT2D eigenvalue weighted by Crippen LogP contribution is -2.45. The molecule has 7 nitrogen and oxygen atoms in total. The third-order valence-electron chi connectivity index (χ3n) is 7.04. The Morgan fingerprint density at radius 2 is 1.91 bits per heavy atom. The van der Waals surface area contributed by atoms with Crippen molar-refractivity contribution in [3.8, 4) is 0 Å². The summed E-state index contributed by atoms with van der Waals surface area (Å²) in [5.74, 6) is -1.52. The van der Waals surface area contributed by atoms with E-state index in [-0.39, 0.29) is 30.3 Å². The van der Waals surface area contributed by atoms with Crippen molar-refractivity contribution in [3.05, 3.63) is 22.2 Å². The van der Waals surface area contributed by atoms with E-state index in [1.165, 1.54) is 0 Å². The molecule has 0 radical (unpaired) electrons. The lowest BCUT2D eigenvalue weighted by molar-refractivity contribution is -0.154. The Labute approximate surface area is 200 Å². The van der Waals surface area contributed by atoms with Crippen LogP contribution in [0.15, 0.2) is 11.5 Å². The van der Waals surface area contributed by atoms with Gasteiger partial charge in [-0.25, -0.2) is 4.98 Å². The Hall–Kier alpha value is -1.61. The second-order valence-electron chi connectivity index (χ2n) is 10.1. The van der Waals surface area contributed by atoms with Gasteiger partial charge in [-0.05, 0) is 37.8 Å². The average molecular weight is 480 g/mol. The van der Waals surface area contributed by atoms with Crippen LogP contribution >= 0.6 is 11.3 Å². The van der Waals surface area contributed by atoms with Crippen LogP contribution in [0.2, 0.25) is 0 Å². The van der Waals surface area contributed by atoms with Crippen molar-refractivity contribution >= 4 is 29.2 Å². The minimum absolute atomic E-state index is 0.0135. The first-order valence-electron chi connectivity index (χ1n) is 11.8.